The fraction of sp³-hybridized carbons (Fsp3) is 0.750. The Hall–Kier alpha value is -2.45. The van der Waals surface area contributed by atoms with Crippen molar-refractivity contribution in [2.45, 2.75) is 79.3 Å². The van der Waals surface area contributed by atoms with E-state index in [1.54, 1.807) is 0 Å². The fourth-order valence-electron chi connectivity index (χ4n) is 4.00. The largest absolute Gasteiger partial charge is 0.454 e. The molecule has 1 N–H and O–H groups in total. The lowest BCUT2D eigenvalue weighted by Gasteiger charge is -2.39. The highest BCUT2D eigenvalue weighted by atomic mass is 16.6. The van der Waals surface area contributed by atoms with Gasteiger partial charge in [-0.25, -0.2) is 0 Å². The second-order valence-electron chi connectivity index (χ2n) is 8.55. The smallest absolute Gasteiger partial charge is 0.328 e. The van der Waals surface area contributed by atoms with Gasteiger partial charge in [0.2, 0.25) is 0 Å². The molecule has 0 aromatic carbocycles. The number of nitro groups is 1. The number of esters is 1. The average molecular weight is 408 g/mol. The van der Waals surface area contributed by atoms with Crippen molar-refractivity contribution in [3.8, 4) is 0 Å². The minimum absolute atomic E-state index is 0.114. The van der Waals surface area contributed by atoms with Crippen molar-refractivity contribution >= 4 is 17.6 Å². The Morgan fingerprint density at radius 1 is 1.28 bits per heavy atom. The second kappa shape index (κ2) is 9.37. The molecule has 2 rings (SSSR count). The molecule has 0 radical (unpaired) electrons. The van der Waals surface area contributed by atoms with Gasteiger partial charge in [0, 0.05) is 6.04 Å². The summed E-state index contributed by atoms with van der Waals surface area (Å²) in [6, 6.07) is 0.115. The first kappa shape index (κ1) is 22.8. The maximum atomic E-state index is 12.1. The Morgan fingerprint density at radius 2 is 1.90 bits per heavy atom. The normalized spacial score (nSPS) is 19.6. The number of hydrogen-bond acceptors (Lipinski definition) is 6. The first-order valence-electron chi connectivity index (χ1n) is 10.2. The summed E-state index contributed by atoms with van der Waals surface area (Å²) in [5.41, 5.74) is 0.723. The van der Waals surface area contributed by atoms with E-state index < -0.39 is 10.9 Å². The lowest BCUT2D eigenvalue weighted by atomic mass is 9.69. The zero-order valence-corrected chi connectivity index (χ0v) is 18.0. The molecule has 0 bridgehead atoms. The molecule has 0 unspecified atom stereocenters. The first-order valence-corrected chi connectivity index (χ1v) is 10.2. The van der Waals surface area contributed by atoms with Gasteiger partial charge in [-0.2, -0.15) is 5.10 Å². The predicted molar refractivity (Wildman–Crippen MR) is 107 cm³/mol. The third-order valence-corrected chi connectivity index (χ3v) is 6.28. The molecule has 1 amide bonds. The van der Waals surface area contributed by atoms with Crippen LogP contribution in [0.3, 0.4) is 0 Å². The van der Waals surface area contributed by atoms with E-state index in [1.807, 2.05) is 0 Å². The summed E-state index contributed by atoms with van der Waals surface area (Å²) in [7, 11) is 0. The highest BCUT2D eigenvalue weighted by Crippen LogP contribution is 2.40. The molecule has 9 heteroatoms. The number of aryl methyl sites for hydroxylation is 1. The van der Waals surface area contributed by atoms with Gasteiger partial charge in [0.1, 0.15) is 17.9 Å². The van der Waals surface area contributed by atoms with Gasteiger partial charge in [-0.15, -0.1) is 0 Å². The molecule has 162 valence electrons. The van der Waals surface area contributed by atoms with Gasteiger partial charge in [-0.3, -0.25) is 24.4 Å². The summed E-state index contributed by atoms with van der Waals surface area (Å²) in [5, 5.41) is 18.0. The maximum Gasteiger partial charge on any atom is 0.328 e. The Morgan fingerprint density at radius 3 is 2.41 bits per heavy atom. The van der Waals surface area contributed by atoms with E-state index in [4.69, 9.17) is 4.74 Å². The lowest BCUT2D eigenvalue weighted by molar-refractivity contribution is -0.386. The molecular weight excluding hydrogens is 376 g/mol. The summed E-state index contributed by atoms with van der Waals surface area (Å²) in [6.45, 7) is 9.21. The minimum atomic E-state index is -0.658. The summed E-state index contributed by atoms with van der Waals surface area (Å²) in [4.78, 5) is 34.6. The van der Waals surface area contributed by atoms with Crippen molar-refractivity contribution < 1.29 is 19.2 Å². The van der Waals surface area contributed by atoms with E-state index in [-0.39, 0.29) is 42.2 Å². The van der Waals surface area contributed by atoms with Gasteiger partial charge >= 0.3 is 11.7 Å². The number of aromatic nitrogens is 2. The van der Waals surface area contributed by atoms with E-state index >= 15 is 0 Å². The highest BCUT2D eigenvalue weighted by molar-refractivity contribution is 5.80. The molecule has 0 saturated heterocycles. The molecule has 29 heavy (non-hydrogen) atoms. The third-order valence-electron chi connectivity index (χ3n) is 6.28. The van der Waals surface area contributed by atoms with Crippen molar-refractivity contribution in [2.24, 2.45) is 11.3 Å². The van der Waals surface area contributed by atoms with Crippen LogP contribution in [0, 0.1) is 35.3 Å². The molecule has 1 aliphatic carbocycles. The van der Waals surface area contributed by atoms with Crippen LogP contribution in [0.25, 0.3) is 0 Å². The van der Waals surface area contributed by atoms with Crippen molar-refractivity contribution in [3.63, 3.8) is 0 Å². The second-order valence-corrected chi connectivity index (χ2v) is 8.55. The molecule has 1 saturated carbocycles. The van der Waals surface area contributed by atoms with Crippen LogP contribution < -0.4 is 5.32 Å². The monoisotopic (exact) mass is 408 g/mol. The first-order chi connectivity index (χ1) is 13.5. The molecule has 9 nitrogen and oxygen atoms in total. The number of carbonyl (C=O) groups excluding carboxylic acids is 2. The summed E-state index contributed by atoms with van der Waals surface area (Å²) < 4.78 is 6.25. The van der Waals surface area contributed by atoms with Crippen LogP contribution in [0.4, 0.5) is 5.69 Å². The summed E-state index contributed by atoms with van der Waals surface area (Å²) in [6.07, 6.45) is 5.18. The maximum absolute atomic E-state index is 12.1. The van der Waals surface area contributed by atoms with Gasteiger partial charge < -0.3 is 10.1 Å². The Labute approximate surface area is 171 Å². The molecule has 0 aliphatic heterocycles. The van der Waals surface area contributed by atoms with Crippen LogP contribution in [0.1, 0.15) is 64.3 Å². The van der Waals surface area contributed by atoms with Crippen LogP contribution in [-0.2, 0) is 20.9 Å². The van der Waals surface area contributed by atoms with Crippen molar-refractivity contribution in [1.29, 1.82) is 0 Å². The van der Waals surface area contributed by atoms with Gasteiger partial charge in [0.25, 0.3) is 5.91 Å². The van der Waals surface area contributed by atoms with E-state index in [0.717, 1.165) is 32.1 Å². The van der Waals surface area contributed by atoms with Crippen LogP contribution >= 0.6 is 0 Å². The number of nitrogens with one attached hydrogen (secondary N) is 1. The zero-order valence-electron chi connectivity index (χ0n) is 18.0. The van der Waals surface area contributed by atoms with E-state index in [2.05, 4.69) is 31.2 Å². The predicted octanol–water partition coefficient (Wildman–Crippen LogP) is 3.06. The summed E-state index contributed by atoms with van der Waals surface area (Å²) in [5.74, 6) is -0.312. The zero-order chi connectivity index (χ0) is 21.8. The number of hydrogen-bond donors (Lipinski definition) is 1. The van der Waals surface area contributed by atoms with E-state index in [9.17, 15) is 19.7 Å². The molecule has 0 atom stereocenters. The minimum Gasteiger partial charge on any atom is -0.454 e. The summed E-state index contributed by atoms with van der Waals surface area (Å²) >= 11 is 0. The van der Waals surface area contributed by atoms with Crippen molar-refractivity contribution in [2.75, 3.05) is 6.61 Å². The van der Waals surface area contributed by atoms with Gasteiger partial charge in [-0.1, -0.05) is 27.2 Å². The quantitative estimate of drug-likeness (QED) is 0.401. The number of ether oxygens (including phenoxy) is 1. The standard InChI is InChI=1S/C20H32N4O5/c1-6-20(4,5)15-7-9-16(10-8-15)21-17(25)12-29-18(26)11-23-14(3)19(24(27)28)13(2)22-23/h15-16H,6-12H2,1-5H3,(H,21,25). The average Bonchev–Trinajstić information content (AvgIpc) is 2.93. The fourth-order valence-corrected chi connectivity index (χ4v) is 4.00. The molecule has 0 spiro atoms. The van der Waals surface area contributed by atoms with Gasteiger partial charge in [0.15, 0.2) is 6.61 Å². The van der Waals surface area contributed by atoms with E-state index in [0.29, 0.717) is 11.3 Å². The lowest BCUT2D eigenvalue weighted by Crippen LogP contribution is -2.41. The number of amides is 1. The molecule has 1 aliphatic rings. The highest BCUT2D eigenvalue weighted by Gasteiger charge is 2.32. The van der Waals surface area contributed by atoms with Gasteiger partial charge in [-0.05, 0) is 50.9 Å². The van der Waals surface area contributed by atoms with Crippen molar-refractivity contribution in [1.82, 2.24) is 15.1 Å². The van der Waals surface area contributed by atoms with Crippen LogP contribution in [0.2, 0.25) is 0 Å². The molecule has 1 aromatic rings. The molecular formula is C20H32N4O5. The topological polar surface area (TPSA) is 116 Å². The van der Waals surface area contributed by atoms with Gasteiger partial charge in [0.05, 0.1) is 4.92 Å². The third kappa shape index (κ3) is 5.77. The van der Waals surface area contributed by atoms with Crippen LogP contribution in [-0.4, -0.2) is 39.2 Å². The molecule has 1 heterocycles. The Balaban J connectivity index is 1.77. The number of nitrogens with zero attached hydrogens (tertiary/aromatic N) is 3. The molecule has 1 fully saturated rings. The van der Waals surface area contributed by atoms with Crippen LogP contribution in [0.5, 0.6) is 0 Å². The Kier molecular flexibility index (Phi) is 7.37. The number of rotatable bonds is 8. The van der Waals surface area contributed by atoms with Crippen molar-refractivity contribution in [3.05, 3.63) is 21.5 Å². The molecule has 1 aromatic heterocycles. The number of carbonyl (C=O) groups is 2. The Bertz CT molecular complexity index is 763. The SMILES string of the molecule is CCC(C)(C)C1CCC(NC(=O)COC(=O)Cn2nc(C)c([N+](=O)[O-])c2C)CC1. The van der Waals surface area contributed by atoms with E-state index in [1.165, 1.54) is 18.5 Å². The van der Waals surface area contributed by atoms with Crippen LogP contribution in [0.15, 0.2) is 0 Å².